The van der Waals surface area contributed by atoms with Crippen molar-refractivity contribution in [2.24, 2.45) is 5.10 Å². The van der Waals surface area contributed by atoms with E-state index < -0.39 is 0 Å². The molecule has 1 heterocycles. The maximum Gasteiger partial charge on any atom is 0.243 e. The lowest BCUT2D eigenvalue weighted by molar-refractivity contribution is 0.242. The fourth-order valence-electron chi connectivity index (χ4n) is 1.49. The third-order valence-electron chi connectivity index (χ3n) is 2.27. The molecule has 1 aromatic rings. The minimum absolute atomic E-state index is 0.551. The van der Waals surface area contributed by atoms with E-state index in [0.29, 0.717) is 19.0 Å². The highest BCUT2D eigenvalue weighted by atomic mass is 79.9. The second-order valence-electron chi connectivity index (χ2n) is 3.54. The summed E-state index contributed by atoms with van der Waals surface area (Å²) in [6.07, 6.45) is 0. The minimum atomic E-state index is 0.551. The Bertz CT molecular complexity index is 529. The van der Waals surface area contributed by atoms with E-state index in [1.807, 2.05) is 35.3 Å². The molecule has 0 spiro atoms. The molecule has 5 heteroatoms. The van der Waals surface area contributed by atoms with E-state index in [1.54, 1.807) is 4.99 Å². The number of rotatable bonds is 2. The van der Waals surface area contributed by atoms with Crippen LogP contribution < -0.4 is 0 Å². The number of halogens is 2. The number of hydrogen-bond acceptors (Lipinski definition) is 3. The Hall–Kier alpha value is -1.25. The van der Waals surface area contributed by atoms with Crippen LogP contribution in [-0.2, 0) is 4.74 Å². The third kappa shape index (κ3) is 3.37. The second-order valence-corrected chi connectivity index (χ2v) is 4.40. The number of hydrogen-bond donors (Lipinski definition) is 0. The first-order chi connectivity index (χ1) is 8.83. The quantitative estimate of drug-likeness (QED) is 0.747. The van der Waals surface area contributed by atoms with Gasteiger partial charge in [-0.3, -0.25) is 5.01 Å². The van der Waals surface area contributed by atoms with E-state index in [0.717, 1.165) is 11.3 Å². The van der Waals surface area contributed by atoms with Crippen LogP contribution in [0.3, 0.4) is 0 Å². The van der Waals surface area contributed by atoms with Crippen LogP contribution in [0.25, 0.3) is 0 Å². The fraction of sp³-hybridized carbons (Fsp3) is 0.154. The molecular formula is C13H10Br2N2O. The van der Waals surface area contributed by atoms with Crippen molar-refractivity contribution in [3.05, 3.63) is 46.6 Å². The van der Waals surface area contributed by atoms with Crippen molar-refractivity contribution in [1.29, 1.82) is 0 Å². The molecule has 0 fully saturated rings. The Morgan fingerprint density at radius 1 is 1.39 bits per heavy atom. The Labute approximate surface area is 123 Å². The van der Waals surface area contributed by atoms with Crippen LogP contribution >= 0.6 is 31.9 Å². The number of hydrazone groups is 1. The Morgan fingerprint density at radius 3 is 2.83 bits per heavy atom. The molecule has 92 valence electrons. The van der Waals surface area contributed by atoms with Crippen molar-refractivity contribution in [2.75, 3.05) is 13.1 Å². The molecule has 1 aliphatic rings. The van der Waals surface area contributed by atoms with Crippen LogP contribution in [0, 0.1) is 10.8 Å². The zero-order valence-corrected chi connectivity index (χ0v) is 12.6. The smallest absolute Gasteiger partial charge is 0.243 e. The number of ether oxygens (including phenoxy) is 1. The lowest BCUT2D eigenvalue weighted by Gasteiger charge is -2.25. The summed E-state index contributed by atoms with van der Waals surface area (Å²) in [7, 11) is 0. The molecule has 18 heavy (non-hydrogen) atoms. The van der Waals surface area contributed by atoms with Crippen molar-refractivity contribution in [3.8, 4) is 10.8 Å². The van der Waals surface area contributed by atoms with Crippen molar-refractivity contribution >= 4 is 37.8 Å². The van der Waals surface area contributed by atoms with Gasteiger partial charge in [0.05, 0.1) is 13.1 Å². The molecule has 3 nitrogen and oxygen atoms in total. The normalized spacial score (nSPS) is 16.7. The Kier molecular flexibility index (Phi) is 4.85. The lowest BCUT2D eigenvalue weighted by atomic mass is 10.2. The molecule has 0 bridgehead atoms. The fourth-order valence-corrected chi connectivity index (χ4v) is 1.85. The Balaban J connectivity index is 2.26. The predicted molar refractivity (Wildman–Crippen MR) is 79.4 cm³/mol. The molecule has 0 aliphatic carbocycles. The molecule has 0 amide bonds. The summed E-state index contributed by atoms with van der Waals surface area (Å²) < 4.78 is 5.69. The van der Waals surface area contributed by atoms with E-state index in [-0.39, 0.29) is 0 Å². The van der Waals surface area contributed by atoms with Crippen LogP contribution in [0.2, 0.25) is 0 Å². The zero-order valence-electron chi connectivity index (χ0n) is 9.44. The molecule has 0 saturated heterocycles. The predicted octanol–water partition coefficient (Wildman–Crippen LogP) is 3.27. The maximum absolute atomic E-state index is 5.69. The SMILES string of the molecule is BrC#CCN1CC(=CBr)OC(c2ccccc2)=N1. The van der Waals surface area contributed by atoms with Crippen molar-refractivity contribution in [2.45, 2.75) is 0 Å². The van der Waals surface area contributed by atoms with Crippen LogP contribution in [0.15, 0.2) is 46.2 Å². The molecule has 0 unspecified atom stereocenters. The third-order valence-corrected chi connectivity index (χ3v) is 3.06. The van der Waals surface area contributed by atoms with E-state index in [1.165, 1.54) is 0 Å². The van der Waals surface area contributed by atoms with Gasteiger partial charge in [0.1, 0.15) is 5.76 Å². The van der Waals surface area contributed by atoms with E-state index in [4.69, 9.17) is 4.74 Å². The van der Waals surface area contributed by atoms with Gasteiger partial charge < -0.3 is 4.74 Å². The first-order valence-electron chi connectivity index (χ1n) is 5.28. The Morgan fingerprint density at radius 2 is 2.17 bits per heavy atom. The average molecular weight is 370 g/mol. The second kappa shape index (κ2) is 6.62. The summed E-state index contributed by atoms with van der Waals surface area (Å²) in [6.45, 7) is 1.15. The standard InChI is InChI=1S/C13H10Br2N2O/c14-7-4-8-17-10-12(9-15)18-13(16-17)11-5-2-1-3-6-11/h1-3,5-6,9H,8,10H2. The van der Waals surface area contributed by atoms with Gasteiger partial charge in [0.2, 0.25) is 5.90 Å². The highest BCUT2D eigenvalue weighted by Gasteiger charge is 2.18. The number of benzene rings is 1. The molecule has 2 rings (SSSR count). The summed E-state index contributed by atoms with van der Waals surface area (Å²) in [5.41, 5.74) is 0.945. The average Bonchev–Trinajstić information content (AvgIpc) is 2.45. The molecular weight excluding hydrogens is 360 g/mol. The number of nitrogens with zero attached hydrogens (tertiary/aromatic N) is 2. The molecule has 0 atom stereocenters. The van der Waals surface area contributed by atoms with Crippen LogP contribution in [-0.4, -0.2) is 24.0 Å². The molecule has 0 N–H and O–H groups in total. The van der Waals surface area contributed by atoms with Gasteiger partial charge in [0, 0.05) is 26.5 Å². The molecule has 0 radical (unpaired) electrons. The van der Waals surface area contributed by atoms with Crippen LogP contribution in [0.1, 0.15) is 5.56 Å². The van der Waals surface area contributed by atoms with E-state index in [9.17, 15) is 0 Å². The topological polar surface area (TPSA) is 24.8 Å². The van der Waals surface area contributed by atoms with Crippen LogP contribution in [0.4, 0.5) is 0 Å². The first kappa shape index (κ1) is 13.2. The largest absolute Gasteiger partial charge is 0.439 e. The first-order valence-corrected chi connectivity index (χ1v) is 6.99. The van der Waals surface area contributed by atoms with Gasteiger partial charge in [0.25, 0.3) is 0 Å². The van der Waals surface area contributed by atoms with Gasteiger partial charge in [-0.15, -0.1) is 5.10 Å². The summed E-state index contributed by atoms with van der Waals surface area (Å²) in [4.78, 5) is 4.45. The molecule has 1 aliphatic heterocycles. The van der Waals surface area contributed by atoms with Crippen molar-refractivity contribution in [3.63, 3.8) is 0 Å². The van der Waals surface area contributed by atoms with E-state index >= 15 is 0 Å². The van der Waals surface area contributed by atoms with Crippen LogP contribution in [0.5, 0.6) is 0 Å². The maximum atomic E-state index is 5.69. The highest BCUT2D eigenvalue weighted by Crippen LogP contribution is 2.16. The van der Waals surface area contributed by atoms with Gasteiger partial charge in [-0.25, -0.2) is 0 Å². The molecule has 0 saturated carbocycles. The van der Waals surface area contributed by atoms with Gasteiger partial charge in [-0.2, -0.15) is 0 Å². The minimum Gasteiger partial charge on any atom is -0.439 e. The summed E-state index contributed by atoms with van der Waals surface area (Å²) in [5, 5.41) is 6.28. The highest BCUT2D eigenvalue weighted by molar-refractivity contribution is 9.12. The van der Waals surface area contributed by atoms with Gasteiger partial charge >= 0.3 is 0 Å². The van der Waals surface area contributed by atoms with Crippen molar-refractivity contribution in [1.82, 2.24) is 5.01 Å². The van der Waals surface area contributed by atoms with Crippen molar-refractivity contribution < 1.29 is 4.74 Å². The molecule has 0 aromatic heterocycles. The lowest BCUT2D eigenvalue weighted by Crippen LogP contribution is -2.30. The summed E-state index contributed by atoms with van der Waals surface area (Å²) >= 11 is 6.37. The zero-order chi connectivity index (χ0) is 12.8. The monoisotopic (exact) mass is 368 g/mol. The molecule has 1 aromatic carbocycles. The van der Waals surface area contributed by atoms with Gasteiger partial charge in [-0.05, 0) is 17.0 Å². The summed E-state index contributed by atoms with van der Waals surface area (Å²) in [5.74, 6) is 4.31. The van der Waals surface area contributed by atoms with Gasteiger partial charge in [-0.1, -0.05) is 40.0 Å². The van der Waals surface area contributed by atoms with Gasteiger partial charge in [0.15, 0.2) is 0 Å². The summed E-state index contributed by atoms with van der Waals surface area (Å²) in [6, 6.07) is 9.79. The van der Waals surface area contributed by atoms with E-state index in [2.05, 4.69) is 47.7 Å².